The molecule has 1 aliphatic rings. The molecule has 1 aliphatic heterocycles. The van der Waals surface area contributed by atoms with Crippen LogP contribution in [0.2, 0.25) is 10.0 Å². The highest BCUT2D eigenvalue weighted by molar-refractivity contribution is 8.14. The fourth-order valence-corrected chi connectivity index (χ4v) is 3.41. The van der Waals surface area contributed by atoms with Gasteiger partial charge in [-0.2, -0.15) is 0 Å². The minimum absolute atomic E-state index is 0.0676. The van der Waals surface area contributed by atoms with Gasteiger partial charge in [0, 0.05) is 23.5 Å². The van der Waals surface area contributed by atoms with Crippen molar-refractivity contribution in [2.45, 2.75) is 6.42 Å². The van der Waals surface area contributed by atoms with Gasteiger partial charge in [0.2, 0.25) is 0 Å². The van der Waals surface area contributed by atoms with E-state index in [2.05, 4.69) is 10.3 Å². The van der Waals surface area contributed by atoms with Crippen molar-refractivity contribution in [3.05, 3.63) is 69.7 Å². The van der Waals surface area contributed by atoms with Gasteiger partial charge in [-0.25, -0.2) is 0 Å². The minimum Gasteiger partial charge on any atom is -0.335 e. The summed E-state index contributed by atoms with van der Waals surface area (Å²) in [6.07, 6.45) is 4.38. The second-order valence-corrected chi connectivity index (χ2v) is 7.36. The van der Waals surface area contributed by atoms with Crippen molar-refractivity contribution < 1.29 is 4.79 Å². The summed E-state index contributed by atoms with van der Waals surface area (Å²) in [7, 11) is 0. The average molecular weight is 391 g/mol. The van der Waals surface area contributed by atoms with Gasteiger partial charge in [0.25, 0.3) is 0 Å². The molecule has 0 aromatic heterocycles. The Labute approximate surface area is 161 Å². The number of nitrogens with one attached hydrogen (secondary N) is 1. The molecule has 0 radical (unpaired) electrons. The molecular formula is C19H16Cl2N2OS. The topological polar surface area (TPSA) is 41.5 Å². The number of carbonyl (C=O) groups excluding carboxylic acids is 1. The van der Waals surface area contributed by atoms with Gasteiger partial charge >= 0.3 is 0 Å². The van der Waals surface area contributed by atoms with Crippen molar-refractivity contribution in [2.24, 2.45) is 4.99 Å². The number of rotatable bonds is 4. The van der Waals surface area contributed by atoms with E-state index in [1.807, 2.05) is 18.2 Å². The first-order valence-electron chi connectivity index (χ1n) is 7.83. The van der Waals surface area contributed by atoms with Crippen LogP contribution < -0.4 is 5.32 Å². The van der Waals surface area contributed by atoms with E-state index >= 15 is 0 Å². The van der Waals surface area contributed by atoms with Crippen molar-refractivity contribution >= 4 is 57.7 Å². The Bertz CT molecular complexity index is 832. The summed E-state index contributed by atoms with van der Waals surface area (Å²) in [5, 5.41) is 5.17. The average Bonchev–Trinajstić information content (AvgIpc) is 2.64. The largest absolute Gasteiger partial charge is 0.335 e. The Morgan fingerprint density at radius 1 is 1.12 bits per heavy atom. The molecule has 6 heteroatoms. The highest BCUT2D eigenvalue weighted by Gasteiger charge is 2.07. The van der Waals surface area contributed by atoms with Gasteiger partial charge in [0.1, 0.15) is 0 Å². The number of ketones is 1. The zero-order valence-electron chi connectivity index (χ0n) is 13.3. The third-order valence-electron chi connectivity index (χ3n) is 3.59. The number of benzene rings is 2. The summed E-state index contributed by atoms with van der Waals surface area (Å²) in [5.41, 5.74) is 2.38. The predicted octanol–water partition coefficient (Wildman–Crippen LogP) is 5.79. The summed E-state index contributed by atoms with van der Waals surface area (Å²) in [5.74, 6) is 1.02. The Kier molecular flexibility index (Phi) is 6.19. The molecule has 3 rings (SSSR count). The van der Waals surface area contributed by atoms with Gasteiger partial charge in [0.05, 0.1) is 10.0 Å². The summed E-state index contributed by atoms with van der Waals surface area (Å²) in [6.45, 7) is 0.866. The molecule has 2 aromatic carbocycles. The Hall–Kier alpha value is -1.75. The number of anilines is 1. The molecule has 3 nitrogen and oxygen atoms in total. The molecule has 0 bridgehead atoms. The molecule has 0 fully saturated rings. The van der Waals surface area contributed by atoms with E-state index in [1.54, 1.807) is 42.1 Å². The number of hydrogen-bond acceptors (Lipinski definition) is 4. The highest BCUT2D eigenvalue weighted by Crippen LogP contribution is 2.23. The SMILES string of the molecule is O=C(C=Cc1ccc(Cl)c(Cl)c1)c1ccc(NC2=NCCCS2)cc1. The second kappa shape index (κ2) is 8.56. The smallest absolute Gasteiger partial charge is 0.185 e. The van der Waals surface area contributed by atoms with Crippen LogP contribution in [-0.2, 0) is 0 Å². The number of aliphatic imine (C=N–C) groups is 1. The normalized spacial score (nSPS) is 14.4. The molecule has 2 aromatic rings. The van der Waals surface area contributed by atoms with Crippen molar-refractivity contribution in [1.82, 2.24) is 0 Å². The third kappa shape index (κ3) is 5.11. The number of carbonyl (C=O) groups is 1. The molecule has 0 aliphatic carbocycles. The monoisotopic (exact) mass is 390 g/mol. The lowest BCUT2D eigenvalue weighted by molar-refractivity contribution is 0.104. The molecule has 1 N–H and O–H groups in total. The number of nitrogens with zero attached hydrogens (tertiary/aromatic N) is 1. The van der Waals surface area contributed by atoms with Crippen LogP contribution in [0.25, 0.3) is 6.08 Å². The number of allylic oxidation sites excluding steroid dienone is 1. The zero-order chi connectivity index (χ0) is 17.6. The molecule has 0 amide bonds. The second-order valence-electron chi connectivity index (χ2n) is 5.46. The van der Waals surface area contributed by atoms with Crippen molar-refractivity contribution in [3.63, 3.8) is 0 Å². The summed E-state index contributed by atoms with van der Waals surface area (Å²) >= 11 is 13.6. The maximum absolute atomic E-state index is 12.3. The van der Waals surface area contributed by atoms with Crippen LogP contribution in [0, 0.1) is 0 Å². The first kappa shape index (κ1) is 18.1. The van der Waals surface area contributed by atoms with Gasteiger partial charge in [-0.3, -0.25) is 9.79 Å². The maximum Gasteiger partial charge on any atom is 0.185 e. The maximum atomic E-state index is 12.3. The Morgan fingerprint density at radius 2 is 1.92 bits per heavy atom. The van der Waals surface area contributed by atoms with Gasteiger partial charge in [-0.15, -0.1) is 0 Å². The zero-order valence-corrected chi connectivity index (χ0v) is 15.7. The summed E-state index contributed by atoms with van der Waals surface area (Å²) < 4.78 is 0. The van der Waals surface area contributed by atoms with Crippen LogP contribution >= 0.6 is 35.0 Å². The van der Waals surface area contributed by atoms with Gasteiger partial charge in [0.15, 0.2) is 11.0 Å². The lowest BCUT2D eigenvalue weighted by Gasteiger charge is -2.13. The van der Waals surface area contributed by atoms with E-state index in [0.29, 0.717) is 15.6 Å². The van der Waals surface area contributed by atoms with Crippen LogP contribution in [0.5, 0.6) is 0 Å². The summed E-state index contributed by atoms with van der Waals surface area (Å²) in [4.78, 5) is 16.7. The first-order valence-corrected chi connectivity index (χ1v) is 9.58. The lowest BCUT2D eigenvalue weighted by Crippen LogP contribution is -2.13. The molecule has 25 heavy (non-hydrogen) atoms. The van der Waals surface area contributed by atoms with E-state index in [-0.39, 0.29) is 5.78 Å². The van der Waals surface area contributed by atoms with E-state index in [9.17, 15) is 4.79 Å². The van der Waals surface area contributed by atoms with E-state index in [4.69, 9.17) is 23.2 Å². The van der Waals surface area contributed by atoms with Crippen LogP contribution in [0.3, 0.4) is 0 Å². The highest BCUT2D eigenvalue weighted by atomic mass is 35.5. The quantitative estimate of drug-likeness (QED) is 0.530. The van der Waals surface area contributed by atoms with Gasteiger partial charge in [-0.1, -0.05) is 47.1 Å². The first-order chi connectivity index (χ1) is 12.1. The van der Waals surface area contributed by atoms with E-state index in [1.165, 1.54) is 6.08 Å². The van der Waals surface area contributed by atoms with E-state index < -0.39 is 0 Å². The van der Waals surface area contributed by atoms with Crippen LogP contribution in [0.15, 0.2) is 53.5 Å². The van der Waals surface area contributed by atoms with Gasteiger partial charge in [-0.05, 0) is 54.5 Å². The van der Waals surface area contributed by atoms with Gasteiger partial charge < -0.3 is 5.32 Å². The van der Waals surface area contributed by atoms with Crippen molar-refractivity contribution in [3.8, 4) is 0 Å². The molecule has 0 unspecified atom stereocenters. The number of thioether (sulfide) groups is 1. The van der Waals surface area contributed by atoms with E-state index in [0.717, 1.165) is 35.1 Å². The molecule has 0 spiro atoms. The molecule has 0 saturated carbocycles. The standard InChI is InChI=1S/C19H16Cl2N2OS/c20-16-8-2-13(12-17(16)21)3-9-18(24)14-4-6-15(7-5-14)23-19-22-10-1-11-25-19/h2-9,12H,1,10-11H2,(H,22,23). The van der Waals surface area contributed by atoms with Crippen LogP contribution in [0.4, 0.5) is 5.69 Å². The molecular weight excluding hydrogens is 375 g/mol. The fraction of sp³-hybridized carbons (Fsp3) is 0.158. The molecule has 0 atom stereocenters. The molecule has 128 valence electrons. The number of halogens is 2. The minimum atomic E-state index is -0.0676. The Morgan fingerprint density at radius 3 is 2.60 bits per heavy atom. The predicted molar refractivity (Wildman–Crippen MR) is 109 cm³/mol. The lowest BCUT2D eigenvalue weighted by atomic mass is 10.1. The van der Waals surface area contributed by atoms with Crippen molar-refractivity contribution in [2.75, 3.05) is 17.6 Å². The van der Waals surface area contributed by atoms with Crippen LogP contribution in [0.1, 0.15) is 22.3 Å². The third-order valence-corrected chi connectivity index (χ3v) is 5.32. The van der Waals surface area contributed by atoms with Crippen LogP contribution in [-0.4, -0.2) is 23.2 Å². The number of hydrogen-bond donors (Lipinski definition) is 1. The number of amidine groups is 1. The molecule has 0 saturated heterocycles. The fourth-order valence-electron chi connectivity index (χ4n) is 2.26. The molecule has 1 heterocycles. The van der Waals surface area contributed by atoms with Crippen molar-refractivity contribution in [1.29, 1.82) is 0 Å². The summed E-state index contributed by atoms with van der Waals surface area (Å²) in [6, 6.07) is 12.6. The Balaban J connectivity index is 1.64.